The van der Waals surface area contributed by atoms with Crippen molar-refractivity contribution in [1.29, 1.82) is 0 Å². The number of hydrogen-bond acceptors (Lipinski definition) is 4. The number of carbonyl (C=O) groups excluding carboxylic acids is 1. The molecule has 3 rings (SSSR count). The van der Waals surface area contributed by atoms with Crippen LogP contribution in [0.2, 0.25) is 0 Å². The molecule has 0 bridgehead atoms. The van der Waals surface area contributed by atoms with Gasteiger partial charge in [-0.25, -0.2) is 4.98 Å². The summed E-state index contributed by atoms with van der Waals surface area (Å²) in [6.07, 6.45) is 3.03. The Labute approximate surface area is 118 Å². The number of carbonyl (C=O) groups is 1. The van der Waals surface area contributed by atoms with Crippen LogP contribution < -0.4 is 10.9 Å². The highest BCUT2D eigenvalue weighted by Gasteiger charge is 2.12. The van der Waals surface area contributed by atoms with Crippen molar-refractivity contribution in [2.75, 3.05) is 5.32 Å². The first-order valence-corrected chi connectivity index (χ1v) is 6.86. The summed E-state index contributed by atoms with van der Waals surface area (Å²) in [5, 5.41) is 4.39. The van der Waals surface area contributed by atoms with E-state index in [0.717, 1.165) is 5.56 Å². The number of rotatable bonds is 2. The first kappa shape index (κ1) is 12.6. The van der Waals surface area contributed by atoms with E-state index in [0.29, 0.717) is 10.5 Å². The second-order valence-corrected chi connectivity index (χ2v) is 5.17. The molecule has 1 amide bonds. The lowest BCUT2D eigenvalue weighted by Crippen LogP contribution is -2.22. The van der Waals surface area contributed by atoms with Crippen LogP contribution in [0.4, 0.5) is 5.69 Å². The number of hydrogen-bond donors (Lipinski definition) is 1. The van der Waals surface area contributed by atoms with E-state index in [2.05, 4.69) is 10.3 Å². The summed E-state index contributed by atoms with van der Waals surface area (Å²) in [5.41, 5.74) is 1.30. The number of aromatic nitrogens is 2. The van der Waals surface area contributed by atoms with Crippen LogP contribution in [0.15, 0.2) is 46.8 Å². The summed E-state index contributed by atoms with van der Waals surface area (Å²) in [5.74, 6) is -0.308. The Kier molecular flexibility index (Phi) is 3.08. The van der Waals surface area contributed by atoms with Crippen molar-refractivity contribution < 1.29 is 4.79 Å². The molecular formula is C14H11N3O2S. The minimum absolute atomic E-state index is 0.175. The normalized spacial score (nSPS) is 10.7. The maximum absolute atomic E-state index is 12.2. The SMILES string of the molecule is Cc1ccccc1C(=O)Nc1cnc2sccn2c1=O. The minimum Gasteiger partial charge on any atom is -0.316 e. The summed E-state index contributed by atoms with van der Waals surface area (Å²) in [6, 6.07) is 7.22. The van der Waals surface area contributed by atoms with E-state index in [9.17, 15) is 9.59 Å². The van der Waals surface area contributed by atoms with Crippen LogP contribution in [0.1, 0.15) is 15.9 Å². The lowest BCUT2D eigenvalue weighted by Gasteiger charge is -2.06. The molecule has 1 N–H and O–H groups in total. The van der Waals surface area contributed by atoms with Crippen LogP contribution in [0.5, 0.6) is 0 Å². The lowest BCUT2D eigenvalue weighted by molar-refractivity contribution is 0.102. The number of aryl methyl sites for hydroxylation is 1. The largest absolute Gasteiger partial charge is 0.316 e. The molecule has 5 nitrogen and oxygen atoms in total. The third kappa shape index (κ3) is 2.10. The van der Waals surface area contributed by atoms with E-state index in [-0.39, 0.29) is 17.2 Å². The molecule has 0 spiro atoms. The lowest BCUT2D eigenvalue weighted by atomic mass is 10.1. The fraction of sp³-hybridized carbons (Fsp3) is 0.0714. The highest BCUT2D eigenvalue weighted by molar-refractivity contribution is 7.15. The molecule has 6 heteroatoms. The van der Waals surface area contributed by atoms with Gasteiger partial charge in [-0.2, -0.15) is 0 Å². The van der Waals surface area contributed by atoms with Crippen LogP contribution in [0, 0.1) is 6.92 Å². The topological polar surface area (TPSA) is 63.5 Å². The monoisotopic (exact) mass is 285 g/mol. The predicted molar refractivity (Wildman–Crippen MR) is 78.5 cm³/mol. The van der Waals surface area contributed by atoms with E-state index in [4.69, 9.17) is 0 Å². The minimum atomic E-state index is -0.308. The number of anilines is 1. The van der Waals surface area contributed by atoms with Crippen molar-refractivity contribution in [3.8, 4) is 0 Å². The van der Waals surface area contributed by atoms with E-state index in [1.54, 1.807) is 23.7 Å². The van der Waals surface area contributed by atoms with Gasteiger partial charge in [-0.1, -0.05) is 18.2 Å². The van der Waals surface area contributed by atoms with Gasteiger partial charge in [0, 0.05) is 17.1 Å². The molecule has 0 saturated heterocycles. The third-order valence-electron chi connectivity index (χ3n) is 2.98. The number of nitrogens with one attached hydrogen (secondary N) is 1. The Bertz CT molecular complexity index is 851. The Morgan fingerprint density at radius 2 is 2.15 bits per heavy atom. The molecule has 0 fully saturated rings. The molecule has 0 aliphatic heterocycles. The number of fused-ring (bicyclic) bond motifs is 1. The Hall–Kier alpha value is -2.47. The average Bonchev–Trinajstić information content (AvgIpc) is 2.91. The first-order chi connectivity index (χ1) is 9.66. The third-order valence-corrected chi connectivity index (χ3v) is 3.75. The molecule has 0 radical (unpaired) electrons. The van der Waals surface area contributed by atoms with Gasteiger partial charge in [-0.05, 0) is 18.6 Å². The average molecular weight is 285 g/mol. The number of nitrogens with zero attached hydrogens (tertiary/aromatic N) is 2. The zero-order valence-corrected chi connectivity index (χ0v) is 11.5. The zero-order valence-electron chi connectivity index (χ0n) is 10.7. The summed E-state index contributed by atoms with van der Waals surface area (Å²) in [7, 11) is 0. The van der Waals surface area contributed by atoms with Crippen LogP contribution in [-0.4, -0.2) is 15.3 Å². The van der Waals surface area contributed by atoms with Gasteiger partial charge < -0.3 is 5.32 Å². The molecule has 20 heavy (non-hydrogen) atoms. The zero-order chi connectivity index (χ0) is 14.1. The van der Waals surface area contributed by atoms with Gasteiger partial charge in [-0.3, -0.25) is 14.0 Å². The van der Waals surface area contributed by atoms with E-state index in [1.807, 2.05) is 19.1 Å². The van der Waals surface area contributed by atoms with Crippen molar-refractivity contribution >= 4 is 27.9 Å². The summed E-state index contributed by atoms with van der Waals surface area (Å²) < 4.78 is 1.41. The smallest absolute Gasteiger partial charge is 0.282 e. The van der Waals surface area contributed by atoms with Crippen molar-refractivity contribution in [3.05, 3.63) is 63.5 Å². The first-order valence-electron chi connectivity index (χ1n) is 5.98. The molecule has 0 aliphatic rings. The molecule has 2 heterocycles. The molecule has 0 unspecified atom stereocenters. The molecule has 3 aromatic rings. The second kappa shape index (κ2) is 4.90. The number of thiazole rings is 1. The van der Waals surface area contributed by atoms with Gasteiger partial charge in [0.2, 0.25) is 0 Å². The van der Waals surface area contributed by atoms with Gasteiger partial charge in [0.05, 0.1) is 6.20 Å². The van der Waals surface area contributed by atoms with Crippen LogP contribution >= 0.6 is 11.3 Å². The van der Waals surface area contributed by atoms with E-state index >= 15 is 0 Å². The summed E-state index contributed by atoms with van der Waals surface area (Å²) >= 11 is 1.37. The number of amides is 1. The van der Waals surface area contributed by atoms with Crippen molar-refractivity contribution in [3.63, 3.8) is 0 Å². The van der Waals surface area contributed by atoms with E-state index in [1.165, 1.54) is 21.9 Å². The fourth-order valence-electron chi connectivity index (χ4n) is 1.93. The van der Waals surface area contributed by atoms with Gasteiger partial charge in [0.25, 0.3) is 11.5 Å². The molecule has 0 atom stereocenters. The Morgan fingerprint density at radius 3 is 2.95 bits per heavy atom. The van der Waals surface area contributed by atoms with Gasteiger partial charge >= 0.3 is 0 Å². The second-order valence-electron chi connectivity index (χ2n) is 4.30. The maximum Gasteiger partial charge on any atom is 0.282 e. The maximum atomic E-state index is 12.2. The standard InChI is InChI=1S/C14H11N3O2S/c1-9-4-2-3-5-10(9)12(18)16-11-8-15-14-17(13(11)19)6-7-20-14/h2-8H,1H3,(H,16,18). The van der Waals surface area contributed by atoms with Crippen LogP contribution in [-0.2, 0) is 0 Å². The molecular weight excluding hydrogens is 274 g/mol. The molecule has 0 aliphatic carbocycles. The van der Waals surface area contributed by atoms with Gasteiger partial charge in [0.15, 0.2) is 4.96 Å². The highest BCUT2D eigenvalue weighted by Crippen LogP contribution is 2.11. The van der Waals surface area contributed by atoms with Crippen molar-refractivity contribution in [2.24, 2.45) is 0 Å². The highest BCUT2D eigenvalue weighted by atomic mass is 32.1. The van der Waals surface area contributed by atoms with E-state index < -0.39 is 0 Å². The predicted octanol–water partition coefficient (Wildman–Crippen LogP) is 2.32. The Morgan fingerprint density at radius 1 is 1.35 bits per heavy atom. The van der Waals surface area contributed by atoms with Crippen LogP contribution in [0.3, 0.4) is 0 Å². The van der Waals surface area contributed by atoms with Crippen molar-refractivity contribution in [2.45, 2.75) is 6.92 Å². The molecule has 100 valence electrons. The van der Waals surface area contributed by atoms with Crippen molar-refractivity contribution in [1.82, 2.24) is 9.38 Å². The van der Waals surface area contributed by atoms with Crippen LogP contribution in [0.25, 0.3) is 4.96 Å². The summed E-state index contributed by atoms with van der Waals surface area (Å²) in [6.45, 7) is 1.85. The molecule has 1 aromatic carbocycles. The quantitative estimate of drug-likeness (QED) is 0.786. The number of benzene rings is 1. The summed E-state index contributed by atoms with van der Waals surface area (Å²) in [4.78, 5) is 29.1. The fourth-order valence-corrected chi connectivity index (χ4v) is 2.60. The molecule has 0 saturated carbocycles. The Balaban J connectivity index is 1.97. The van der Waals surface area contributed by atoms with Gasteiger partial charge in [0.1, 0.15) is 5.69 Å². The molecule has 2 aromatic heterocycles. The van der Waals surface area contributed by atoms with Gasteiger partial charge in [-0.15, -0.1) is 11.3 Å².